The van der Waals surface area contributed by atoms with Crippen molar-refractivity contribution in [3.05, 3.63) is 69.8 Å². The van der Waals surface area contributed by atoms with Crippen LogP contribution in [0.25, 0.3) is 12.2 Å². The number of hydrogen-bond acceptors (Lipinski definition) is 4. The number of non-ortho nitro benzene ring substituents is 1. The van der Waals surface area contributed by atoms with Crippen LogP contribution in [0, 0.1) is 10.1 Å². The highest BCUT2D eigenvalue weighted by atomic mass is 16.6. The second-order valence-electron chi connectivity index (χ2n) is 7.51. The molecule has 2 rings (SSSR count). The van der Waals surface area contributed by atoms with Crippen molar-refractivity contribution >= 4 is 17.8 Å². The van der Waals surface area contributed by atoms with E-state index in [9.17, 15) is 10.1 Å². The van der Waals surface area contributed by atoms with E-state index in [1.54, 1.807) is 12.1 Å². The molecule has 5 heteroatoms. The van der Waals surface area contributed by atoms with Crippen LogP contribution >= 0.6 is 0 Å². The Bertz CT molecular complexity index is 754. The molecule has 0 fully saturated rings. The van der Waals surface area contributed by atoms with Gasteiger partial charge in [-0.15, -0.1) is 0 Å². The van der Waals surface area contributed by atoms with Gasteiger partial charge in [0, 0.05) is 18.7 Å². The summed E-state index contributed by atoms with van der Waals surface area (Å²) in [7, 11) is 0. The molecule has 0 saturated carbocycles. The first-order chi connectivity index (χ1) is 14.7. The fourth-order valence-corrected chi connectivity index (χ4v) is 3.22. The third kappa shape index (κ3) is 9.70. The fraction of sp³-hybridized carbons (Fsp3) is 0.440. The SMILES string of the molecule is O=[N+]([O-])c1ccc(/C=C/c2ccc(OCCCCCCCCCCCO)cc2)cc1. The normalized spacial score (nSPS) is 11.1. The molecule has 162 valence electrons. The molecular weight excluding hydrogens is 378 g/mol. The van der Waals surface area contributed by atoms with Gasteiger partial charge in [-0.3, -0.25) is 10.1 Å². The fourth-order valence-electron chi connectivity index (χ4n) is 3.22. The molecule has 0 aliphatic carbocycles. The number of unbranched alkanes of at least 4 members (excludes halogenated alkanes) is 8. The van der Waals surface area contributed by atoms with Gasteiger partial charge in [0.2, 0.25) is 0 Å². The first kappa shape index (κ1) is 23.6. The van der Waals surface area contributed by atoms with E-state index in [-0.39, 0.29) is 5.69 Å². The Morgan fingerprint density at radius 2 is 1.20 bits per heavy atom. The lowest BCUT2D eigenvalue weighted by Crippen LogP contribution is -1.97. The topological polar surface area (TPSA) is 72.6 Å². The van der Waals surface area contributed by atoms with Gasteiger partial charge in [-0.25, -0.2) is 0 Å². The minimum atomic E-state index is -0.394. The number of aliphatic hydroxyl groups excluding tert-OH is 1. The van der Waals surface area contributed by atoms with Crippen LogP contribution in [0.5, 0.6) is 5.75 Å². The lowest BCUT2D eigenvalue weighted by molar-refractivity contribution is -0.384. The number of benzene rings is 2. The standard InChI is InChI=1S/C25H33NO4/c27-20-8-6-4-2-1-3-5-7-9-21-30-25-18-14-23(15-19-25)11-10-22-12-16-24(17-13-22)26(28)29/h10-19,27H,1-9,20-21H2/b11-10+. The van der Waals surface area contributed by atoms with Crippen LogP contribution in [-0.4, -0.2) is 23.2 Å². The molecule has 5 nitrogen and oxygen atoms in total. The summed E-state index contributed by atoms with van der Waals surface area (Å²) in [4.78, 5) is 10.3. The lowest BCUT2D eigenvalue weighted by atomic mass is 10.1. The minimum absolute atomic E-state index is 0.0999. The number of hydrogen-bond donors (Lipinski definition) is 1. The Morgan fingerprint density at radius 1 is 0.733 bits per heavy atom. The van der Waals surface area contributed by atoms with Crippen molar-refractivity contribution in [1.82, 2.24) is 0 Å². The van der Waals surface area contributed by atoms with E-state index in [1.807, 2.05) is 36.4 Å². The maximum absolute atomic E-state index is 10.7. The average molecular weight is 412 g/mol. The number of ether oxygens (including phenoxy) is 1. The van der Waals surface area contributed by atoms with E-state index < -0.39 is 4.92 Å². The second-order valence-corrected chi connectivity index (χ2v) is 7.51. The van der Waals surface area contributed by atoms with Crippen molar-refractivity contribution in [3.63, 3.8) is 0 Å². The quantitative estimate of drug-likeness (QED) is 0.154. The van der Waals surface area contributed by atoms with Crippen LogP contribution in [-0.2, 0) is 0 Å². The zero-order valence-electron chi connectivity index (χ0n) is 17.7. The van der Waals surface area contributed by atoms with E-state index in [2.05, 4.69) is 0 Å². The van der Waals surface area contributed by atoms with Crippen LogP contribution < -0.4 is 4.74 Å². The van der Waals surface area contributed by atoms with Gasteiger partial charge in [0.05, 0.1) is 11.5 Å². The molecule has 0 aliphatic heterocycles. The summed E-state index contributed by atoms with van der Waals surface area (Å²) in [5, 5.41) is 19.4. The molecule has 0 saturated heterocycles. The molecule has 2 aromatic rings. The summed E-state index contributed by atoms with van der Waals surface area (Å²) in [6.45, 7) is 1.07. The molecule has 0 unspecified atom stereocenters. The molecule has 0 atom stereocenters. The first-order valence-electron chi connectivity index (χ1n) is 11.0. The number of nitrogens with zero attached hydrogens (tertiary/aromatic N) is 1. The van der Waals surface area contributed by atoms with E-state index >= 15 is 0 Å². The highest BCUT2D eigenvalue weighted by molar-refractivity contribution is 5.70. The molecular formula is C25H33NO4. The molecule has 30 heavy (non-hydrogen) atoms. The van der Waals surface area contributed by atoms with Crippen molar-refractivity contribution in [2.24, 2.45) is 0 Å². The summed E-state index contributed by atoms with van der Waals surface area (Å²) in [6, 6.07) is 14.5. The number of aliphatic hydroxyl groups is 1. The van der Waals surface area contributed by atoms with Gasteiger partial charge in [0.1, 0.15) is 5.75 Å². The van der Waals surface area contributed by atoms with Crippen molar-refractivity contribution in [3.8, 4) is 5.75 Å². The largest absolute Gasteiger partial charge is 0.494 e. The molecule has 0 aliphatic rings. The summed E-state index contributed by atoms with van der Waals surface area (Å²) in [5.74, 6) is 0.881. The molecule has 2 aromatic carbocycles. The Hall–Kier alpha value is -2.66. The Labute approximate surface area is 179 Å². The maximum atomic E-state index is 10.7. The second kappa shape index (κ2) is 14.3. The number of nitro benzene ring substituents is 1. The van der Waals surface area contributed by atoms with Crippen molar-refractivity contribution < 1.29 is 14.8 Å². The highest BCUT2D eigenvalue weighted by Gasteiger charge is 2.02. The van der Waals surface area contributed by atoms with Gasteiger partial charge in [0.15, 0.2) is 0 Å². The summed E-state index contributed by atoms with van der Waals surface area (Å²) in [6.07, 6.45) is 14.6. The van der Waals surface area contributed by atoms with Crippen LogP contribution in [0.15, 0.2) is 48.5 Å². The van der Waals surface area contributed by atoms with E-state index in [4.69, 9.17) is 9.84 Å². The molecule has 0 aromatic heterocycles. The van der Waals surface area contributed by atoms with E-state index in [0.29, 0.717) is 6.61 Å². The Kier molecular flexibility index (Phi) is 11.3. The van der Waals surface area contributed by atoms with Gasteiger partial charge in [-0.05, 0) is 48.2 Å². The Morgan fingerprint density at radius 3 is 1.70 bits per heavy atom. The van der Waals surface area contributed by atoms with Crippen LogP contribution in [0.1, 0.15) is 68.9 Å². The van der Waals surface area contributed by atoms with Crippen molar-refractivity contribution in [1.29, 1.82) is 0 Å². The van der Waals surface area contributed by atoms with Gasteiger partial charge < -0.3 is 9.84 Å². The van der Waals surface area contributed by atoms with Gasteiger partial charge in [-0.2, -0.15) is 0 Å². The van der Waals surface area contributed by atoms with E-state index in [0.717, 1.165) is 42.7 Å². The molecule has 0 radical (unpaired) electrons. The predicted molar refractivity (Wildman–Crippen MR) is 123 cm³/mol. The molecule has 0 amide bonds. The van der Waals surface area contributed by atoms with E-state index in [1.165, 1.54) is 50.7 Å². The van der Waals surface area contributed by atoms with Crippen LogP contribution in [0.2, 0.25) is 0 Å². The average Bonchev–Trinajstić information content (AvgIpc) is 2.77. The van der Waals surface area contributed by atoms with Gasteiger partial charge >= 0.3 is 0 Å². The van der Waals surface area contributed by atoms with Crippen molar-refractivity contribution in [2.45, 2.75) is 57.8 Å². The summed E-state index contributed by atoms with van der Waals surface area (Å²) >= 11 is 0. The zero-order chi connectivity index (χ0) is 21.4. The highest BCUT2D eigenvalue weighted by Crippen LogP contribution is 2.17. The molecule has 0 spiro atoms. The lowest BCUT2D eigenvalue weighted by Gasteiger charge is -2.06. The molecule has 1 N–H and O–H groups in total. The summed E-state index contributed by atoms with van der Waals surface area (Å²) < 4.78 is 5.82. The Balaban J connectivity index is 1.59. The third-order valence-electron chi connectivity index (χ3n) is 5.02. The van der Waals surface area contributed by atoms with Gasteiger partial charge in [0.25, 0.3) is 5.69 Å². The predicted octanol–water partition coefficient (Wildman–Crippen LogP) is 6.65. The third-order valence-corrected chi connectivity index (χ3v) is 5.02. The zero-order valence-corrected chi connectivity index (χ0v) is 17.7. The molecule has 0 heterocycles. The maximum Gasteiger partial charge on any atom is 0.269 e. The van der Waals surface area contributed by atoms with Gasteiger partial charge in [-0.1, -0.05) is 69.2 Å². The summed E-state index contributed by atoms with van der Waals surface area (Å²) in [5.41, 5.74) is 2.08. The van der Waals surface area contributed by atoms with Crippen LogP contribution in [0.3, 0.4) is 0 Å². The number of nitro groups is 1. The first-order valence-corrected chi connectivity index (χ1v) is 11.0. The minimum Gasteiger partial charge on any atom is -0.494 e. The number of rotatable bonds is 15. The smallest absolute Gasteiger partial charge is 0.269 e. The van der Waals surface area contributed by atoms with Crippen LogP contribution in [0.4, 0.5) is 5.69 Å². The van der Waals surface area contributed by atoms with Crippen molar-refractivity contribution in [2.75, 3.05) is 13.2 Å². The monoisotopic (exact) mass is 411 g/mol. The molecule has 0 bridgehead atoms.